The number of rotatable bonds is 4. The number of nitrogens with zero attached hydrogens (tertiary/aromatic N) is 2. The van der Waals surface area contributed by atoms with Crippen molar-refractivity contribution in [3.8, 4) is 11.3 Å². The second-order valence-electron chi connectivity index (χ2n) is 8.76. The van der Waals surface area contributed by atoms with Crippen LogP contribution in [0.25, 0.3) is 11.3 Å². The van der Waals surface area contributed by atoms with Gasteiger partial charge in [-0.25, -0.2) is 9.78 Å². The SMILES string of the molecule is CC(=O)NCc1ccc(NC(=O)N2c3nc(-c4cccc(C)c4)ccc3NCCC[C@H]2C)cc1. The maximum Gasteiger partial charge on any atom is 0.327 e. The van der Waals surface area contributed by atoms with E-state index >= 15 is 0 Å². The molecule has 1 aliphatic heterocycles. The van der Waals surface area contributed by atoms with Crippen LogP contribution in [0.1, 0.15) is 37.8 Å². The third-order valence-electron chi connectivity index (χ3n) is 5.94. The minimum atomic E-state index is -0.221. The molecule has 0 radical (unpaired) electrons. The van der Waals surface area contributed by atoms with E-state index in [1.807, 2.05) is 48.5 Å². The van der Waals surface area contributed by atoms with Crippen LogP contribution in [0, 0.1) is 6.92 Å². The van der Waals surface area contributed by atoms with Gasteiger partial charge < -0.3 is 16.0 Å². The topological polar surface area (TPSA) is 86.4 Å². The van der Waals surface area contributed by atoms with Gasteiger partial charge in [-0.2, -0.15) is 0 Å². The van der Waals surface area contributed by atoms with E-state index in [-0.39, 0.29) is 18.0 Å². The number of benzene rings is 2. The molecule has 0 saturated carbocycles. The number of fused-ring (bicyclic) bond motifs is 1. The van der Waals surface area contributed by atoms with Gasteiger partial charge >= 0.3 is 6.03 Å². The fraction of sp³-hybridized carbons (Fsp3) is 0.296. The maximum absolute atomic E-state index is 13.5. The Labute approximate surface area is 200 Å². The third-order valence-corrected chi connectivity index (χ3v) is 5.94. The summed E-state index contributed by atoms with van der Waals surface area (Å²) in [4.78, 5) is 31.3. The molecule has 1 aromatic heterocycles. The summed E-state index contributed by atoms with van der Waals surface area (Å²) in [6, 6.07) is 19.5. The van der Waals surface area contributed by atoms with Crippen LogP contribution in [0.4, 0.5) is 22.0 Å². The fourth-order valence-electron chi connectivity index (χ4n) is 4.11. The number of carbonyl (C=O) groups is 2. The van der Waals surface area contributed by atoms with Crippen molar-refractivity contribution in [1.29, 1.82) is 0 Å². The van der Waals surface area contributed by atoms with Gasteiger partial charge in [0, 0.05) is 37.3 Å². The molecule has 2 aromatic carbocycles. The molecule has 4 rings (SSSR count). The lowest BCUT2D eigenvalue weighted by Crippen LogP contribution is -2.43. The molecule has 7 heteroatoms. The van der Waals surface area contributed by atoms with E-state index in [9.17, 15) is 9.59 Å². The summed E-state index contributed by atoms with van der Waals surface area (Å²) in [6.45, 7) is 6.91. The number of hydrogen-bond acceptors (Lipinski definition) is 4. The minimum Gasteiger partial charge on any atom is -0.382 e. The predicted molar refractivity (Wildman–Crippen MR) is 137 cm³/mol. The molecule has 3 N–H and O–H groups in total. The van der Waals surface area contributed by atoms with Gasteiger partial charge in [0.1, 0.15) is 0 Å². The van der Waals surface area contributed by atoms with Crippen molar-refractivity contribution in [2.24, 2.45) is 0 Å². The molecule has 2 heterocycles. The predicted octanol–water partition coefficient (Wildman–Crippen LogP) is 5.33. The van der Waals surface area contributed by atoms with Crippen molar-refractivity contribution in [1.82, 2.24) is 10.3 Å². The Morgan fingerprint density at radius 2 is 1.91 bits per heavy atom. The number of aromatic nitrogens is 1. The van der Waals surface area contributed by atoms with Crippen molar-refractivity contribution in [2.45, 2.75) is 46.2 Å². The summed E-state index contributed by atoms with van der Waals surface area (Å²) < 4.78 is 0. The Morgan fingerprint density at radius 3 is 2.65 bits per heavy atom. The zero-order chi connectivity index (χ0) is 24.1. The van der Waals surface area contributed by atoms with Crippen LogP contribution in [0.3, 0.4) is 0 Å². The number of aryl methyl sites for hydroxylation is 1. The quantitative estimate of drug-likeness (QED) is 0.495. The van der Waals surface area contributed by atoms with Crippen molar-refractivity contribution in [3.05, 3.63) is 71.8 Å². The Hall–Kier alpha value is -3.87. The smallest absolute Gasteiger partial charge is 0.327 e. The summed E-state index contributed by atoms with van der Waals surface area (Å²) in [5, 5.41) is 9.24. The highest BCUT2D eigenvalue weighted by molar-refractivity contribution is 6.03. The van der Waals surface area contributed by atoms with Gasteiger partial charge in [0.2, 0.25) is 5.91 Å². The van der Waals surface area contributed by atoms with E-state index < -0.39 is 0 Å². The highest BCUT2D eigenvalue weighted by atomic mass is 16.2. The van der Waals surface area contributed by atoms with Crippen molar-refractivity contribution < 1.29 is 9.59 Å². The van der Waals surface area contributed by atoms with Crippen LogP contribution < -0.4 is 20.9 Å². The third kappa shape index (κ3) is 5.54. The first-order valence-electron chi connectivity index (χ1n) is 11.7. The summed E-state index contributed by atoms with van der Waals surface area (Å²) in [5.74, 6) is 0.555. The molecule has 0 saturated heterocycles. The molecule has 3 amide bonds. The zero-order valence-corrected chi connectivity index (χ0v) is 19.9. The maximum atomic E-state index is 13.5. The van der Waals surface area contributed by atoms with E-state index in [0.29, 0.717) is 18.1 Å². The van der Waals surface area contributed by atoms with Gasteiger partial charge in [-0.3, -0.25) is 9.69 Å². The number of anilines is 3. The Kier molecular flexibility index (Phi) is 7.11. The zero-order valence-electron chi connectivity index (χ0n) is 19.9. The summed E-state index contributed by atoms with van der Waals surface area (Å²) in [5.41, 5.74) is 5.52. The van der Waals surface area contributed by atoms with Crippen LogP contribution >= 0.6 is 0 Å². The number of hydrogen-bond donors (Lipinski definition) is 3. The average molecular weight is 458 g/mol. The molecule has 0 bridgehead atoms. The lowest BCUT2D eigenvalue weighted by molar-refractivity contribution is -0.119. The van der Waals surface area contributed by atoms with Crippen LogP contribution in [-0.2, 0) is 11.3 Å². The van der Waals surface area contributed by atoms with E-state index in [0.717, 1.165) is 47.5 Å². The summed E-state index contributed by atoms with van der Waals surface area (Å²) in [6.07, 6.45) is 1.83. The van der Waals surface area contributed by atoms with E-state index in [1.54, 1.807) is 4.90 Å². The second kappa shape index (κ2) is 10.4. The summed E-state index contributed by atoms with van der Waals surface area (Å²) in [7, 11) is 0. The van der Waals surface area contributed by atoms with Gasteiger partial charge in [0.05, 0.1) is 11.4 Å². The first-order chi connectivity index (χ1) is 16.4. The van der Waals surface area contributed by atoms with Gasteiger partial charge in [0.15, 0.2) is 5.82 Å². The molecule has 1 aliphatic rings. The van der Waals surface area contributed by atoms with Crippen LogP contribution in [0.2, 0.25) is 0 Å². The molecular formula is C27H31N5O2. The molecule has 3 aromatic rings. The molecule has 0 unspecified atom stereocenters. The van der Waals surface area contributed by atoms with E-state index in [1.165, 1.54) is 6.92 Å². The monoisotopic (exact) mass is 457 g/mol. The first kappa shape index (κ1) is 23.3. The van der Waals surface area contributed by atoms with Crippen LogP contribution in [0.15, 0.2) is 60.7 Å². The molecule has 34 heavy (non-hydrogen) atoms. The van der Waals surface area contributed by atoms with Crippen molar-refractivity contribution in [2.75, 3.05) is 22.1 Å². The Morgan fingerprint density at radius 1 is 1.12 bits per heavy atom. The number of carbonyl (C=O) groups excluding carboxylic acids is 2. The standard InChI is InChI=1S/C27H31N5O2/c1-18-6-4-8-22(16-18)24-13-14-25-26(31-24)32(19(2)7-5-15-28-25)27(34)30-23-11-9-21(10-12-23)17-29-20(3)33/h4,6,8-14,16,19,28H,5,7,15,17H2,1-3H3,(H,29,33)(H,30,34)/t19-/m1/s1. The highest BCUT2D eigenvalue weighted by Crippen LogP contribution is 2.32. The molecule has 176 valence electrons. The van der Waals surface area contributed by atoms with Crippen molar-refractivity contribution in [3.63, 3.8) is 0 Å². The van der Waals surface area contributed by atoms with Gasteiger partial charge in [-0.05, 0) is 62.6 Å². The number of pyridine rings is 1. The Bertz CT molecular complexity index is 1180. The Balaban J connectivity index is 1.62. The molecule has 7 nitrogen and oxygen atoms in total. The minimum absolute atomic E-state index is 0.0138. The number of nitrogens with one attached hydrogen (secondary N) is 3. The van der Waals surface area contributed by atoms with Crippen LogP contribution in [-0.4, -0.2) is 29.5 Å². The lowest BCUT2D eigenvalue weighted by Gasteiger charge is -2.32. The van der Waals surface area contributed by atoms with E-state index in [4.69, 9.17) is 4.98 Å². The fourth-order valence-corrected chi connectivity index (χ4v) is 4.11. The molecule has 1 atom stereocenters. The summed E-state index contributed by atoms with van der Waals surface area (Å²) >= 11 is 0. The number of urea groups is 1. The molecule has 0 spiro atoms. The number of amides is 3. The first-order valence-corrected chi connectivity index (χ1v) is 11.7. The largest absolute Gasteiger partial charge is 0.382 e. The van der Waals surface area contributed by atoms with Gasteiger partial charge in [-0.1, -0.05) is 35.9 Å². The molecule has 0 fully saturated rings. The van der Waals surface area contributed by atoms with Gasteiger partial charge in [-0.15, -0.1) is 0 Å². The average Bonchev–Trinajstić information content (AvgIpc) is 2.81. The van der Waals surface area contributed by atoms with Gasteiger partial charge in [0.25, 0.3) is 0 Å². The molecular weight excluding hydrogens is 426 g/mol. The van der Waals surface area contributed by atoms with E-state index in [2.05, 4.69) is 41.9 Å². The molecule has 0 aliphatic carbocycles. The second-order valence-corrected chi connectivity index (χ2v) is 8.76. The van der Waals surface area contributed by atoms with Crippen LogP contribution in [0.5, 0.6) is 0 Å². The normalized spacial score (nSPS) is 15.4. The lowest BCUT2D eigenvalue weighted by atomic mass is 10.1. The van der Waals surface area contributed by atoms with Crippen molar-refractivity contribution >= 4 is 29.1 Å². The highest BCUT2D eigenvalue weighted by Gasteiger charge is 2.28.